The first kappa shape index (κ1) is 24.7. The highest BCUT2D eigenvalue weighted by Crippen LogP contribution is 2.34. The van der Waals surface area contributed by atoms with Crippen LogP contribution in [0.15, 0.2) is 58.4 Å². The van der Waals surface area contributed by atoms with Gasteiger partial charge in [-0.1, -0.05) is 0 Å². The maximum atomic E-state index is 13.5. The number of aromatic nitrogens is 1. The van der Waals surface area contributed by atoms with E-state index in [1.807, 2.05) is 26.0 Å². The molecular weight excluding hydrogens is 479 g/mol. The van der Waals surface area contributed by atoms with Crippen molar-refractivity contribution in [2.24, 2.45) is 4.99 Å². The molecule has 0 spiro atoms. The summed E-state index contributed by atoms with van der Waals surface area (Å²) in [4.78, 5) is 7.13. The quantitative estimate of drug-likeness (QED) is 0.455. The van der Waals surface area contributed by atoms with E-state index in [4.69, 9.17) is 4.74 Å². The zero-order valence-corrected chi connectivity index (χ0v) is 21.5. The van der Waals surface area contributed by atoms with E-state index < -0.39 is 10.0 Å². The molecule has 0 atom stereocenters. The Morgan fingerprint density at radius 2 is 1.61 bits per heavy atom. The molecule has 9 heteroatoms. The van der Waals surface area contributed by atoms with Gasteiger partial charge < -0.3 is 14.2 Å². The number of halogens is 1. The van der Waals surface area contributed by atoms with E-state index >= 15 is 0 Å². The van der Waals surface area contributed by atoms with E-state index in [1.54, 1.807) is 30.5 Å². The van der Waals surface area contributed by atoms with E-state index in [2.05, 4.69) is 14.5 Å². The fourth-order valence-electron chi connectivity index (χ4n) is 4.96. The molecule has 5 rings (SSSR count). The maximum Gasteiger partial charge on any atom is 0.243 e. The Morgan fingerprint density at radius 1 is 0.917 bits per heavy atom. The van der Waals surface area contributed by atoms with Crippen LogP contribution in [0.25, 0.3) is 5.69 Å². The van der Waals surface area contributed by atoms with Crippen LogP contribution in [-0.4, -0.2) is 62.9 Å². The van der Waals surface area contributed by atoms with E-state index in [-0.39, 0.29) is 10.7 Å². The van der Waals surface area contributed by atoms with Crippen LogP contribution in [0, 0.1) is 19.7 Å². The predicted molar refractivity (Wildman–Crippen MR) is 140 cm³/mol. The molecule has 1 aromatic heterocycles. The number of aryl methyl sites for hydroxylation is 1. The number of hydrogen-bond acceptors (Lipinski definition) is 5. The Morgan fingerprint density at radius 3 is 2.31 bits per heavy atom. The fourth-order valence-corrected chi connectivity index (χ4v) is 6.39. The zero-order chi connectivity index (χ0) is 25.3. The first-order valence-corrected chi connectivity index (χ1v) is 13.7. The molecule has 2 aliphatic rings. The van der Waals surface area contributed by atoms with Crippen LogP contribution in [0.5, 0.6) is 0 Å². The van der Waals surface area contributed by atoms with E-state index in [0.29, 0.717) is 32.0 Å². The summed E-state index contributed by atoms with van der Waals surface area (Å²) < 4.78 is 49.1. The van der Waals surface area contributed by atoms with Gasteiger partial charge in [0.25, 0.3) is 0 Å². The van der Waals surface area contributed by atoms with E-state index in [9.17, 15) is 12.8 Å². The molecule has 3 heterocycles. The average Bonchev–Trinajstić information content (AvgIpc) is 3.52. The van der Waals surface area contributed by atoms with Gasteiger partial charge in [-0.2, -0.15) is 4.31 Å². The molecule has 190 valence electrons. The van der Waals surface area contributed by atoms with Gasteiger partial charge in [0, 0.05) is 49.3 Å². The number of aliphatic imine (C=N–C) groups is 1. The molecule has 0 aliphatic carbocycles. The molecule has 2 fully saturated rings. The van der Waals surface area contributed by atoms with Crippen LogP contribution in [0.2, 0.25) is 0 Å². The number of anilines is 1. The van der Waals surface area contributed by atoms with Gasteiger partial charge in [-0.3, -0.25) is 4.99 Å². The van der Waals surface area contributed by atoms with Crippen LogP contribution >= 0.6 is 0 Å². The second kappa shape index (κ2) is 10.2. The Balaban J connectivity index is 1.57. The summed E-state index contributed by atoms with van der Waals surface area (Å²) in [5.74, 6) is -0.298. The Labute approximate surface area is 211 Å². The average molecular weight is 511 g/mol. The van der Waals surface area contributed by atoms with Gasteiger partial charge in [0.2, 0.25) is 10.0 Å². The molecule has 36 heavy (non-hydrogen) atoms. The number of rotatable bonds is 6. The minimum absolute atomic E-state index is 0.288. The minimum atomic E-state index is -3.64. The smallest absolute Gasteiger partial charge is 0.243 e. The lowest BCUT2D eigenvalue weighted by molar-refractivity contribution is 0.0730. The van der Waals surface area contributed by atoms with Gasteiger partial charge in [-0.05, 0) is 75.2 Å². The maximum absolute atomic E-state index is 13.5. The summed E-state index contributed by atoms with van der Waals surface area (Å²) in [5.41, 5.74) is 5.40. The fraction of sp³-hybridized carbons (Fsp3) is 0.370. The molecule has 2 aromatic carbocycles. The van der Waals surface area contributed by atoms with Crippen molar-refractivity contribution < 1.29 is 17.5 Å². The van der Waals surface area contributed by atoms with Crippen molar-refractivity contribution in [2.75, 3.05) is 44.3 Å². The molecule has 0 saturated carbocycles. The van der Waals surface area contributed by atoms with Crippen molar-refractivity contribution in [2.45, 2.75) is 31.6 Å². The van der Waals surface area contributed by atoms with E-state index in [1.165, 1.54) is 16.4 Å². The second-order valence-corrected chi connectivity index (χ2v) is 11.2. The number of nitrogens with zero attached hydrogens (tertiary/aromatic N) is 4. The molecule has 0 amide bonds. The summed E-state index contributed by atoms with van der Waals surface area (Å²) in [6.45, 7) is 7.44. The molecular formula is C27H31FN4O3S. The van der Waals surface area contributed by atoms with Crippen molar-refractivity contribution in [3.63, 3.8) is 0 Å². The van der Waals surface area contributed by atoms with Crippen LogP contribution in [0.1, 0.15) is 29.8 Å². The van der Waals surface area contributed by atoms with Crippen molar-refractivity contribution in [3.05, 3.63) is 71.3 Å². The summed E-state index contributed by atoms with van der Waals surface area (Å²) in [7, 11) is -3.64. The number of hydrogen-bond donors (Lipinski definition) is 0. The predicted octanol–water partition coefficient (Wildman–Crippen LogP) is 4.60. The molecule has 2 aliphatic heterocycles. The van der Waals surface area contributed by atoms with Gasteiger partial charge >= 0.3 is 0 Å². The van der Waals surface area contributed by atoms with Crippen LogP contribution in [-0.2, 0) is 14.8 Å². The van der Waals surface area contributed by atoms with Gasteiger partial charge in [-0.25, -0.2) is 12.8 Å². The summed E-state index contributed by atoms with van der Waals surface area (Å²) >= 11 is 0. The number of benzene rings is 2. The Hall–Kier alpha value is -3.01. The molecule has 0 radical (unpaired) electrons. The third-order valence-corrected chi connectivity index (χ3v) is 8.79. The summed E-state index contributed by atoms with van der Waals surface area (Å²) in [6, 6.07) is 13.6. The van der Waals surface area contributed by atoms with Gasteiger partial charge in [0.15, 0.2) is 0 Å². The van der Waals surface area contributed by atoms with Crippen molar-refractivity contribution in [1.82, 2.24) is 8.87 Å². The molecule has 2 saturated heterocycles. The largest absolute Gasteiger partial charge is 0.379 e. The number of sulfonamides is 1. The Kier molecular flexibility index (Phi) is 6.96. The lowest BCUT2D eigenvalue weighted by Gasteiger charge is -2.28. The molecule has 0 N–H and O–H groups in total. The standard InChI is InChI=1S/C27H31FN4O3S/c1-20-17-22(19-29-24-7-5-23(28)6-8-24)21(2)32(20)27-18-25(9-10-26(27)30-11-3-4-12-30)36(33,34)31-13-15-35-16-14-31/h5-10,17-19H,3-4,11-16H2,1-2H3. The first-order valence-electron chi connectivity index (χ1n) is 12.3. The van der Waals surface area contributed by atoms with Crippen molar-refractivity contribution in [1.29, 1.82) is 0 Å². The molecule has 7 nitrogen and oxygen atoms in total. The van der Waals surface area contributed by atoms with Gasteiger partial charge in [0.1, 0.15) is 5.82 Å². The van der Waals surface area contributed by atoms with Crippen LogP contribution in [0.4, 0.5) is 15.8 Å². The van der Waals surface area contributed by atoms with E-state index in [0.717, 1.165) is 54.3 Å². The second-order valence-electron chi connectivity index (χ2n) is 9.26. The lowest BCUT2D eigenvalue weighted by atomic mass is 10.2. The zero-order valence-electron chi connectivity index (χ0n) is 20.7. The van der Waals surface area contributed by atoms with Crippen molar-refractivity contribution >= 4 is 27.6 Å². The summed E-state index contributed by atoms with van der Waals surface area (Å²) in [5, 5.41) is 0. The number of ether oxygens (including phenoxy) is 1. The van der Waals surface area contributed by atoms with Gasteiger partial charge in [-0.15, -0.1) is 0 Å². The highest BCUT2D eigenvalue weighted by molar-refractivity contribution is 7.89. The van der Waals surface area contributed by atoms with Crippen LogP contribution in [0.3, 0.4) is 0 Å². The third-order valence-electron chi connectivity index (χ3n) is 6.89. The highest BCUT2D eigenvalue weighted by Gasteiger charge is 2.28. The number of morpholine rings is 1. The Bertz CT molecular complexity index is 1370. The normalized spacial score (nSPS) is 17.4. The SMILES string of the molecule is Cc1cc(C=Nc2ccc(F)cc2)c(C)n1-c1cc(S(=O)(=O)N2CCOCC2)ccc1N1CCCC1. The monoisotopic (exact) mass is 510 g/mol. The molecule has 0 bridgehead atoms. The highest BCUT2D eigenvalue weighted by atomic mass is 32.2. The third kappa shape index (κ3) is 4.83. The molecule has 0 unspecified atom stereocenters. The van der Waals surface area contributed by atoms with Gasteiger partial charge in [0.05, 0.1) is 35.2 Å². The molecule has 3 aromatic rings. The minimum Gasteiger partial charge on any atom is -0.379 e. The van der Waals surface area contributed by atoms with Crippen molar-refractivity contribution in [3.8, 4) is 5.69 Å². The topological polar surface area (TPSA) is 67.1 Å². The summed E-state index contributed by atoms with van der Waals surface area (Å²) in [6.07, 6.45) is 4.01. The van der Waals surface area contributed by atoms with Crippen LogP contribution < -0.4 is 4.90 Å². The first-order chi connectivity index (χ1) is 17.3. The lowest BCUT2D eigenvalue weighted by Crippen LogP contribution is -2.40.